The minimum absolute atomic E-state index is 0.327. The number of rotatable bonds is 3. The number of alkyl halides is 1. The highest BCUT2D eigenvalue weighted by Crippen LogP contribution is 2.36. The second-order valence-electron chi connectivity index (χ2n) is 4.44. The number of fused-ring (bicyclic) bond motifs is 1. The molecule has 8 heteroatoms. The lowest BCUT2D eigenvalue weighted by atomic mass is 10.1. The predicted octanol–water partition coefficient (Wildman–Crippen LogP) is 4.06. The number of halogens is 2. The molecule has 2 aromatic heterocycles. The van der Waals surface area contributed by atoms with Crippen molar-refractivity contribution in [1.29, 1.82) is 0 Å². The quantitative estimate of drug-likeness (QED) is 0.713. The van der Waals surface area contributed by atoms with Crippen molar-refractivity contribution >= 4 is 60.2 Å². The highest BCUT2D eigenvalue weighted by atomic mass is 79.9. The highest BCUT2D eigenvalue weighted by molar-refractivity contribution is 9.11. The first-order valence-electron chi connectivity index (χ1n) is 5.92. The standard InChI is InChI=1S/C12H11BrClNO2S3/c13-12-11(5-9(6-14)19-12)20(16,17)15-3-1-10-8(7-15)2-4-18-10/h2,4-5H,1,3,6-7H2. The first-order chi connectivity index (χ1) is 9.52. The Bertz CT molecular complexity index is 738. The van der Waals surface area contributed by atoms with Crippen LogP contribution in [-0.4, -0.2) is 19.3 Å². The van der Waals surface area contributed by atoms with Crippen molar-refractivity contribution in [2.24, 2.45) is 0 Å². The van der Waals surface area contributed by atoms with E-state index < -0.39 is 10.0 Å². The number of thiophene rings is 2. The number of hydrogen-bond donors (Lipinski definition) is 0. The largest absolute Gasteiger partial charge is 0.245 e. The molecule has 0 atom stereocenters. The molecule has 3 rings (SSSR count). The Labute approximate surface area is 139 Å². The average molecular weight is 413 g/mol. The van der Waals surface area contributed by atoms with Crippen molar-refractivity contribution < 1.29 is 8.42 Å². The molecule has 0 aliphatic carbocycles. The van der Waals surface area contributed by atoms with Crippen molar-refractivity contribution in [1.82, 2.24) is 4.31 Å². The maximum atomic E-state index is 12.7. The third kappa shape index (κ3) is 2.60. The zero-order valence-electron chi connectivity index (χ0n) is 10.3. The summed E-state index contributed by atoms with van der Waals surface area (Å²) in [5.74, 6) is 0.327. The van der Waals surface area contributed by atoms with Crippen LogP contribution in [0.15, 0.2) is 26.2 Å². The number of nitrogens with zero attached hydrogens (tertiary/aromatic N) is 1. The molecule has 0 fully saturated rings. The van der Waals surface area contributed by atoms with Gasteiger partial charge in [-0.05, 0) is 45.4 Å². The molecule has 0 aromatic carbocycles. The maximum Gasteiger partial charge on any atom is 0.245 e. The van der Waals surface area contributed by atoms with Gasteiger partial charge < -0.3 is 0 Å². The van der Waals surface area contributed by atoms with E-state index in [1.54, 1.807) is 21.7 Å². The average Bonchev–Trinajstić information content (AvgIpc) is 3.03. The molecule has 2 aromatic rings. The molecule has 0 bridgehead atoms. The monoisotopic (exact) mass is 411 g/mol. The zero-order chi connectivity index (χ0) is 14.3. The molecule has 0 saturated carbocycles. The summed E-state index contributed by atoms with van der Waals surface area (Å²) >= 11 is 12.2. The van der Waals surface area contributed by atoms with E-state index in [0.717, 1.165) is 16.9 Å². The van der Waals surface area contributed by atoms with E-state index >= 15 is 0 Å². The van der Waals surface area contributed by atoms with Gasteiger partial charge in [0.2, 0.25) is 10.0 Å². The molecule has 0 spiro atoms. The van der Waals surface area contributed by atoms with Gasteiger partial charge in [0.15, 0.2) is 0 Å². The van der Waals surface area contributed by atoms with Crippen LogP contribution in [-0.2, 0) is 28.9 Å². The summed E-state index contributed by atoms with van der Waals surface area (Å²) in [6.07, 6.45) is 0.788. The van der Waals surface area contributed by atoms with E-state index in [1.807, 2.05) is 11.4 Å². The summed E-state index contributed by atoms with van der Waals surface area (Å²) in [4.78, 5) is 2.48. The normalized spacial score (nSPS) is 16.3. The first-order valence-corrected chi connectivity index (χ1v) is 10.4. The molecular formula is C12H11BrClNO2S3. The van der Waals surface area contributed by atoms with Gasteiger partial charge in [0.05, 0.1) is 9.67 Å². The van der Waals surface area contributed by atoms with Crippen LogP contribution in [0.3, 0.4) is 0 Å². The Hall–Kier alpha value is 0.0800. The number of sulfonamides is 1. The Balaban J connectivity index is 1.95. The van der Waals surface area contributed by atoms with E-state index in [9.17, 15) is 8.42 Å². The summed E-state index contributed by atoms with van der Waals surface area (Å²) in [5, 5.41) is 2.02. The molecule has 3 nitrogen and oxygen atoms in total. The SMILES string of the molecule is O=S(=O)(c1cc(CCl)sc1Br)N1CCc2sccc2C1. The van der Waals surface area contributed by atoms with Gasteiger partial charge in [-0.2, -0.15) is 4.31 Å². The summed E-state index contributed by atoms with van der Waals surface area (Å²) in [5.41, 5.74) is 1.12. The summed E-state index contributed by atoms with van der Waals surface area (Å²) in [7, 11) is -3.46. The Morgan fingerprint density at radius 1 is 1.45 bits per heavy atom. The Morgan fingerprint density at radius 2 is 2.25 bits per heavy atom. The van der Waals surface area contributed by atoms with Gasteiger partial charge >= 0.3 is 0 Å². The van der Waals surface area contributed by atoms with Crippen molar-refractivity contribution in [2.75, 3.05) is 6.54 Å². The Kier molecular flexibility index (Phi) is 4.27. The van der Waals surface area contributed by atoms with E-state index in [1.165, 1.54) is 16.2 Å². The molecule has 20 heavy (non-hydrogen) atoms. The van der Waals surface area contributed by atoms with Crippen LogP contribution in [0, 0.1) is 0 Å². The second kappa shape index (κ2) is 5.70. The van der Waals surface area contributed by atoms with Crippen LogP contribution >= 0.6 is 50.2 Å². The first kappa shape index (κ1) is 15.0. The molecule has 0 N–H and O–H groups in total. The lowest BCUT2D eigenvalue weighted by molar-refractivity contribution is 0.394. The highest BCUT2D eigenvalue weighted by Gasteiger charge is 2.31. The van der Waals surface area contributed by atoms with Crippen LogP contribution in [0.2, 0.25) is 0 Å². The van der Waals surface area contributed by atoms with Gasteiger partial charge in [-0.3, -0.25) is 0 Å². The van der Waals surface area contributed by atoms with Gasteiger partial charge in [-0.1, -0.05) is 0 Å². The Morgan fingerprint density at radius 3 is 2.95 bits per heavy atom. The smallest absolute Gasteiger partial charge is 0.207 e. The fourth-order valence-corrected chi connectivity index (χ4v) is 7.24. The number of hydrogen-bond acceptors (Lipinski definition) is 4. The van der Waals surface area contributed by atoms with Crippen LogP contribution in [0.4, 0.5) is 0 Å². The van der Waals surface area contributed by atoms with Crippen molar-refractivity contribution in [2.45, 2.75) is 23.7 Å². The van der Waals surface area contributed by atoms with Gasteiger partial charge in [0.1, 0.15) is 4.90 Å². The zero-order valence-corrected chi connectivity index (χ0v) is 15.1. The third-order valence-electron chi connectivity index (χ3n) is 3.23. The van der Waals surface area contributed by atoms with Crippen LogP contribution < -0.4 is 0 Å². The van der Waals surface area contributed by atoms with Crippen molar-refractivity contribution in [3.63, 3.8) is 0 Å². The van der Waals surface area contributed by atoms with E-state index in [0.29, 0.717) is 27.7 Å². The fraction of sp³-hybridized carbons (Fsp3) is 0.333. The predicted molar refractivity (Wildman–Crippen MR) is 87.2 cm³/mol. The van der Waals surface area contributed by atoms with Crippen LogP contribution in [0.5, 0.6) is 0 Å². The molecule has 1 aliphatic rings. The maximum absolute atomic E-state index is 12.7. The second-order valence-corrected chi connectivity index (χ2v) is 10.1. The van der Waals surface area contributed by atoms with E-state index in [4.69, 9.17) is 11.6 Å². The fourth-order valence-electron chi connectivity index (χ4n) is 2.21. The molecular weight excluding hydrogens is 402 g/mol. The molecule has 0 unspecified atom stereocenters. The lowest BCUT2D eigenvalue weighted by Gasteiger charge is -2.26. The molecule has 0 radical (unpaired) electrons. The van der Waals surface area contributed by atoms with Crippen molar-refractivity contribution in [3.05, 3.63) is 36.6 Å². The minimum atomic E-state index is -3.46. The molecule has 0 amide bonds. The summed E-state index contributed by atoms with van der Waals surface area (Å²) in [6.45, 7) is 0.994. The third-order valence-corrected chi connectivity index (χ3v) is 8.80. The molecule has 0 saturated heterocycles. The van der Waals surface area contributed by atoms with Gasteiger partial charge in [0.25, 0.3) is 0 Å². The topological polar surface area (TPSA) is 37.4 Å². The molecule has 3 heterocycles. The van der Waals surface area contributed by atoms with E-state index in [-0.39, 0.29) is 0 Å². The minimum Gasteiger partial charge on any atom is -0.207 e. The van der Waals surface area contributed by atoms with Gasteiger partial charge in [0, 0.05) is 22.8 Å². The van der Waals surface area contributed by atoms with Crippen LogP contribution in [0.25, 0.3) is 0 Å². The van der Waals surface area contributed by atoms with Crippen LogP contribution in [0.1, 0.15) is 15.3 Å². The van der Waals surface area contributed by atoms with E-state index in [2.05, 4.69) is 15.9 Å². The van der Waals surface area contributed by atoms with Gasteiger partial charge in [-0.15, -0.1) is 34.3 Å². The van der Waals surface area contributed by atoms with Gasteiger partial charge in [-0.25, -0.2) is 8.42 Å². The summed E-state index contributed by atoms with van der Waals surface area (Å²) in [6, 6.07) is 3.68. The molecule has 108 valence electrons. The van der Waals surface area contributed by atoms with Crippen molar-refractivity contribution in [3.8, 4) is 0 Å². The molecule has 1 aliphatic heterocycles. The lowest BCUT2D eigenvalue weighted by Crippen LogP contribution is -2.35. The summed E-state index contributed by atoms with van der Waals surface area (Å²) < 4.78 is 27.6.